The third kappa shape index (κ3) is 6.50. The molecule has 0 aliphatic carbocycles. The van der Waals surface area contributed by atoms with E-state index in [0.29, 0.717) is 18.5 Å². The first-order chi connectivity index (χ1) is 12.8. The molecule has 3 N–H and O–H groups in total. The van der Waals surface area contributed by atoms with Crippen molar-refractivity contribution in [1.82, 2.24) is 4.72 Å². The molecule has 0 bridgehead atoms. The Morgan fingerprint density at radius 3 is 2.26 bits per heavy atom. The molecule has 0 heterocycles. The Labute approximate surface area is 158 Å². The minimum Gasteiger partial charge on any atom is -0.481 e. The Bertz CT molecular complexity index is 908. The van der Waals surface area contributed by atoms with Crippen LogP contribution in [0.4, 0.5) is 5.69 Å². The summed E-state index contributed by atoms with van der Waals surface area (Å²) in [6, 6.07) is 13.5. The Morgan fingerprint density at radius 1 is 0.963 bits per heavy atom. The maximum atomic E-state index is 12.1. The molecule has 0 atom stereocenters. The number of rotatable bonds is 9. The van der Waals surface area contributed by atoms with Crippen molar-refractivity contribution in [3.8, 4) is 0 Å². The highest BCUT2D eigenvalue weighted by Gasteiger charge is 2.11. The summed E-state index contributed by atoms with van der Waals surface area (Å²) in [7, 11) is -2.12. The van der Waals surface area contributed by atoms with E-state index in [4.69, 9.17) is 5.11 Å². The number of carbonyl (C=O) groups is 2. The van der Waals surface area contributed by atoms with Gasteiger partial charge in [-0.3, -0.25) is 9.59 Å². The van der Waals surface area contributed by atoms with Gasteiger partial charge >= 0.3 is 5.97 Å². The van der Waals surface area contributed by atoms with Crippen molar-refractivity contribution in [3.63, 3.8) is 0 Å². The number of hydrogen-bond donors (Lipinski definition) is 3. The van der Waals surface area contributed by atoms with Crippen molar-refractivity contribution in [2.24, 2.45) is 0 Å². The zero-order chi connectivity index (χ0) is 19.9. The van der Waals surface area contributed by atoms with Gasteiger partial charge in [0.15, 0.2) is 0 Å². The number of amides is 1. The lowest BCUT2D eigenvalue weighted by atomic mass is 10.1. The molecule has 2 aromatic carbocycles. The van der Waals surface area contributed by atoms with Gasteiger partial charge in [0.25, 0.3) is 0 Å². The lowest BCUT2D eigenvalue weighted by Gasteiger charge is -2.08. The van der Waals surface area contributed by atoms with Crippen molar-refractivity contribution in [2.45, 2.75) is 30.6 Å². The number of carbonyl (C=O) groups excluding carboxylic acids is 1. The molecular formula is C19H22N2O5S. The van der Waals surface area contributed by atoms with Crippen LogP contribution in [0, 0.1) is 0 Å². The van der Waals surface area contributed by atoms with Gasteiger partial charge in [-0.1, -0.05) is 24.3 Å². The summed E-state index contributed by atoms with van der Waals surface area (Å²) in [5.41, 5.74) is 2.32. The van der Waals surface area contributed by atoms with Crippen molar-refractivity contribution < 1.29 is 23.1 Å². The molecule has 8 heteroatoms. The second-order valence-corrected chi connectivity index (χ2v) is 7.88. The molecule has 2 aromatic rings. The molecular weight excluding hydrogens is 368 g/mol. The van der Waals surface area contributed by atoms with Crippen LogP contribution in [0.5, 0.6) is 0 Å². The molecule has 0 saturated carbocycles. The predicted molar refractivity (Wildman–Crippen MR) is 102 cm³/mol. The van der Waals surface area contributed by atoms with E-state index in [9.17, 15) is 18.0 Å². The van der Waals surface area contributed by atoms with Gasteiger partial charge in [-0.15, -0.1) is 0 Å². The molecule has 0 fully saturated rings. The van der Waals surface area contributed by atoms with Crippen molar-refractivity contribution in [1.29, 1.82) is 0 Å². The van der Waals surface area contributed by atoms with Gasteiger partial charge in [0.05, 0.1) is 4.90 Å². The molecule has 1 amide bonds. The summed E-state index contributed by atoms with van der Waals surface area (Å²) in [4.78, 5) is 22.9. The molecule has 0 unspecified atom stereocenters. The van der Waals surface area contributed by atoms with Gasteiger partial charge in [0, 0.05) is 18.5 Å². The van der Waals surface area contributed by atoms with E-state index in [1.165, 1.54) is 19.2 Å². The topological polar surface area (TPSA) is 113 Å². The van der Waals surface area contributed by atoms with Crippen molar-refractivity contribution >= 4 is 27.6 Å². The fourth-order valence-corrected chi connectivity index (χ4v) is 3.22. The molecule has 0 saturated heterocycles. The van der Waals surface area contributed by atoms with Crippen molar-refractivity contribution in [3.05, 3.63) is 59.7 Å². The van der Waals surface area contributed by atoms with E-state index in [1.807, 2.05) is 6.07 Å². The van der Waals surface area contributed by atoms with Gasteiger partial charge in [0.1, 0.15) is 0 Å². The van der Waals surface area contributed by atoms with Gasteiger partial charge < -0.3 is 10.4 Å². The number of nitrogens with one attached hydrogen (secondary N) is 2. The number of anilines is 1. The minimum atomic E-state index is -3.47. The average molecular weight is 390 g/mol. The Kier molecular flexibility index (Phi) is 7.09. The summed E-state index contributed by atoms with van der Waals surface area (Å²) in [5.74, 6) is -1.03. The van der Waals surface area contributed by atoms with Crippen LogP contribution in [0.15, 0.2) is 53.4 Å². The van der Waals surface area contributed by atoms with E-state index < -0.39 is 16.0 Å². The quantitative estimate of drug-likeness (QED) is 0.607. The van der Waals surface area contributed by atoms with Crippen LogP contribution in [0.3, 0.4) is 0 Å². The summed E-state index contributed by atoms with van der Waals surface area (Å²) < 4.78 is 25.6. The molecule has 0 aliphatic heterocycles. The number of aliphatic carboxylic acids is 1. The van der Waals surface area contributed by atoms with Crippen LogP contribution in [-0.4, -0.2) is 32.4 Å². The summed E-state index contributed by atoms with van der Waals surface area (Å²) >= 11 is 0. The molecule has 0 aliphatic rings. The highest BCUT2D eigenvalue weighted by atomic mass is 32.2. The normalized spacial score (nSPS) is 11.1. The molecule has 0 radical (unpaired) electrons. The summed E-state index contributed by atoms with van der Waals surface area (Å²) in [6.07, 6.45) is 1.17. The second kappa shape index (κ2) is 9.29. The first-order valence-corrected chi connectivity index (χ1v) is 9.91. The molecule has 27 heavy (non-hydrogen) atoms. The van der Waals surface area contributed by atoms with Crippen LogP contribution in [0.2, 0.25) is 0 Å². The predicted octanol–water partition coefficient (Wildman–Crippen LogP) is 2.18. The summed E-state index contributed by atoms with van der Waals surface area (Å²) in [6.45, 7) is 0. The number of benzene rings is 2. The van der Waals surface area contributed by atoms with Gasteiger partial charge in [0.2, 0.25) is 15.9 Å². The molecule has 0 spiro atoms. The lowest BCUT2D eigenvalue weighted by Crippen LogP contribution is -2.18. The second-order valence-electron chi connectivity index (χ2n) is 5.99. The fourth-order valence-electron chi connectivity index (χ4n) is 2.49. The van der Waals surface area contributed by atoms with Gasteiger partial charge in [-0.2, -0.15) is 0 Å². The molecule has 7 nitrogen and oxygen atoms in total. The number of hydrogen-bond acceptors (Lipinski definition) is 4. The number of carboxylic acids is 1. The monoisotopic (exact) mass is 390 g/mol. The van der Waals surface area contributed by atoms with E-state index in [-0.39, 0.29) is 23.6 Å². The zero-order valence-electron chi connectivity index (χ0n) is 14.9. The van der Waals surface area contributed by atoms with Gasteiger partial charge in [-0.25, -0.2) is 13.1 Å². The first kappa shape index (κ1) is 20.6. The maximum Gasteiger partial charge on any atom is 0.303 e. The lowest BCUT2D eigenvalue weighted by molar-refractivity contribution is -0.137. The third-order valence-corrected chi connectivity index (χ3v) is 5.41. The standard InChI is InChI=1S/C19H22N2O5S/c1-20-27(25,26)17-9-5-14(6-10-17)7-11-18(22)21-16-4-2-3-15(13-16)8-12-19(23)24/h2-6,9-10,13,20H,7-8,11-12H2,1H3,(H,21,22)(H,23,24). The number of carboxylic acid groups (broad SMARTS) is 1. The van der Waals surface area contributed by atoms with Crippen LogP contribution in [0.25, 0.3) is 0 Å². The highest BCUT2D eigenvalue weighted by molar-refractivity contribution is 7.89. The average Bonchev–Trinajstić information content (AvgIpc) is 2.65. The first-order valence-electron chi connectivity index (χ1n) is 8.43. The SMILES string of the molecule is CNS(=O)(=O)c1ccc(CCC(=O)Nc2cccc(CCC(=O)O)c2)cc1. The van der Waals surface area contributed by atoms with Crippen molar-refractivity contribution in [2.75, 3.05) is 12.4 Å². The van der Waals surface area contributed by atoms with Crippen LogP contribution in [-0.2, 0) is 32.5 Å². The number of aryl methyl sites for hydroxylation is 2. The molecule has 144 valence electrons. The van der Waals surface area contributed by atoms with Crippen LogP contribution in [0.1, 0.15) is 24.0 Å². The van der Waals surface area contributed by atoms with E-state index >= 15 is 0 Å². The number of sulfonamides is 1. The van der Waals surface area contributed by atoms with E-state index in [0.717, 1.165) is 11.1 Å². The zero-order valence-corrected chi connectivity index (χ0v) is 15.8. The van der Waals surface area contributed by atoms with E-state index in [1.54, 1.807) is 30.3 Å². The Hall–Kier alpha value is -2.71. The smallest absolute Gasteiger partial charge is 0.303 e. The Balaban J connectivity index is 1.89. The Morgan fingerprint density at radius 2 is 1.63 bits per heavy atom. The maximum absolute atomic E-state index is 12.1. The molecule has 2 rings (SSSR count). The minimum absolute atomic E-state index is 0.0384. The summed E-state index contributed by atoms with van der Waals surface area (Å²) in [5, 5.41) is 11.5. The highest BCUT2D eigenvalue weighted by Crippen LogP contribution is 2.14. The van der Waals surface area contributed by atoms with Gasteiger partial charge in [-0.05, 0) is 55.3 Å². The van der Waals surface area contributed by atoms with Crippen LogP contribution < -0.4 is 10.0 Å². The largest absolute Gasteiger partial charge is 0.481 e. The van der Waals surface area contributed by atoms with Crippen LogP contribution >= 0.6 is 0 Å². The van der Waals surface area contributed by atoms with E-state index in [2.05, 4.69) is 10.0 Å². The third-order valence-electron chi connectivity index (χ3n) is 3.98. The molecule has 0 aromatic heterocycles. The fraction of sp³-hybridized carbons (Fsp3) is 0.263.